The van der Waals surface area contributed by atoms with Crippen LogP contribution < -0.4 is 20.9 Å². The maximum absolute atomic E-state index is 13.4. The van der Waals surface area contributed by atoms with Crippen molar-refractivity contribution in [3.63, 3.8) is 0 Å². The SMILES string of the molecule is C=CC(=O)N[C@H]1CC[C@@H](NC(=O)c2sc3nccc4c3c2[nH]c(=C)n4-c2ccc(Oc3ccccc3)cn2)C1. The van der Waals surface area contributed by atoms with Crippen LogP contribution >= 0.6 is 11.3 Å². The minimum Gasteiger partial charge on any atom is -0.456 e. The van der Waals surface area contributed by atoms with Crippen molar-refractivity contribution in [1.29, 1.82) is 0 Å². The molecule has 9 nitrogen and oxygen atoms in total. The number of amides is 2. The van der Waals surface area contributed by atoms with Gasteiger partial charge in [0.05, 0.1) is 22.6 Å². The van der Waals surface area contributed by atoms with Crippen LogP contribution in [-0.2, 0) is 4.79 Å². The molecule has 2 amide bonds. The summed E-state index contributed by atoms with van der Waals surface area (Å²) in [5.41, 5.74) is 2.10. The highest BCUT2D eigenvalue weighted by Crippen LogP contribution is 2.34. The smallest absolute Gasteiger partial charge is 0.263 e. The third kappa shape index (κ3) is 4.82. The number of carbonyl (C=O) groups excluding carboxylic acids is 2. The summed E-state index contributed by atoms with van der Waals surface area (Å²) in [6.45, 7) is 7.72. The van der Waals surface area contributed by atoms with E-state index < -0.39 is 0 Å². The summed E-state index contributed by atoms with van der Waals surface area (Å²) in [6, 6.07) is 15.1. The van der Waals surface area contributed by atoms with Crippen LogP contribution in [0, 0.1) is 0 Å². The number of aromatic nitrogens is 4. The van der Waals surface area contributed by atoms with Crippen LogP contribution in [-0.4, -0.2) is 43.4 Å². The summed E-state index contributed by atoms with van der Waals surface area (Å²) in [4.78, 5) is 38.8. The van der Waals surface area contributed by atoms with Crippen LogP contribution in [0.4, 0.5) is 0 Å². The van der Waals surface area contributed by atoms with E-state index in [1.165, 1.54) is 17.4 Å². The van der Waals surface area contributed by atoms with Gasteiger partial charge in [0, 0.05) is 18.3 Å². The van der Waals surface area contributed by atoms with Crippen LogP contribution in [0.3, 0.4) is 0 Å². The van der Waals surface area contributed by atoms with Crippen molar-refractivity contribution < 1.29 is 14.3 Å². The molecule has 0 radical (unpaired) electrons. The highest BCUT2D eigenvalue weighted by Gasteiger charge is 2.28. The minimum absolute atomic E-state index is 0.0262. The van der Waals surface area contributed by atoms with Crippen molar-refractivity contribution in [3.8, 4) is 17.3 Å². The quantitative estimate of drug-likeness (QED) is 0.266. The number of aromatic amines is 1. The first-order valence-corrected chi connectivity index (χ1v) is 13.4. The highest BCUT2D eigenvalue weighted by atomic mass is 32.1. The molecule has 6 rings (SSSR count). The van der Waals surface area contributed by atoms with Crippen LogP contribution in [0.5, 0.6) is 11.5 Å². The number of pyridine rings is 2. The van der Waals surface area contributed by atoms with Crippen LogP contribution in [0.15, 0.2) is 73.6 Å². The molecular weight excluding hydrogens is 512 g/mol. The average Bonchev–Trinajstić information content (AvgIpc) is 3.55. The van der Waals surface area contributed by atoms with Crippen LogP contribution in [0.1, 0.15) is 28.9 Å². The number of rotatable bonds is 7. The molecule has 5 aromatic rings. The second-order valence-corrected chi connectivity index (χ2v) is 10.4. The molecule has 1 aliphatic carbocycles. The number of thiophene rings is 1. The largest absolute Gasteiger partial charge is 0.456 e. The molecule has 4 aromatic heterocycles. The fourth-order valence-electron chi connectivity index (χ4n) is 5.02. The lowest BCUT2D eigenvalue weighted by Gasteiger charge is -2.14. The van der Waals surface area contributed by atoms with E-state index in [4.69, 9.17) is 4.74 Å². The molecule has 0 bridgehead atoms. The second-order valence-electron chi connectivity index (χ2n) is 9.38. The van der Waals surface area contributed by atoms with E-state index in [-0.39, 0.29) is 23.9 Å². The van der Waals surface area contributed by atoms with E-state index in [1.54, 1.807) is 12.4 Å². The molecule has 1 saturated carbocycles. The van der Waals surface area contributed by atoms with Gasteiger partial charge in [-0.05, 0) is 55.7 Å². The maximum Gasteiger partial charge on any atom is 0.263 e. The fourth-order valence-corrected chi connectivity index (χ4v) is 6.05. The molecule has 39 heavy (non-hydrogen) atoms. The van der Waals surface area contributed by atoms with E-state index >= 15 is 0 Å². The highest BCUT2D eigenvalue weighted by molar-refractivity contribution is 7.21. The molecule has 1 fully saturated rings. The molecule has 1 aromatic carbocycles. The molecular formula is C29H26N6O3S. The number of hydrogen-bond acceptors (Lipinski definition) is 6. The summed E-state index contributed by atoms with van der Waals surface area (Å²) in [5, 5.41) is 6.89. The first-order valence-electron chi connectivity index (χ1n) is 12.6. The van der Waals surface area contributed by atoms with E-state index in [2.05, 4.69) is 38.7 Å². The zero-order chi connectivity index (χ0) is 26.9. The summed E-state index contributed by atoms with van der Waals surface area (Å²) >= 11 is 1.34. The fraction of sp³-hybridized carbons (Fsp3) is 0.172. The van der Waals surface area contributed by atoms with Crippen molar-refractivity contribution in [1.82, 2.24) is 30.2 Å². The Morgan fingerprint density at radius 3 is 2.59 bits per heavy atom. The monoisotopic (exact) mass is 538 g/mol. The molecule has 196 valence electrons. The summed E-state index contributed by atoms with van der Waals surface area (Å²) in [6.07, 6.45) is 6.94. The van der Waals surface area contributed by atoms with Crippen molar-refractivity contribution in [2.75, 3.05) is 0 Å². The van der Waals surface area contributed by atoms with Crippen LogP contribution in [0.2, 0.25) is 0 Å². The molecule has 3 N–H and O–H groups in total. The standard InChI is InChI=1S/C29H26N6O3S/c1-3-24(36)33-18-9-10-19(15-18)34-28(37)27-26-25-22(13-14-30-29(25)39-27)35(17(2)32-26)23-12-11-21(16-31-23)38-20-7-5-4-6-8-20/h3-8,11-14,16,18-19,32H,1-2,9-10,15H2,(H,33,36)(H,34,37)/t18-,19+/m0/s1. The van der Waals surface area contributed by atoms with Gasteiger partial charge >= 0.3 is 0 Å². The Balaban J connectivity index is 1.29. The zero-order valence-electron chi connectivity index (χ0n) is 21.0. The third-order valence-electron chi connectivity index (χ3n) is 6.78. The lowest BCUT2D eigenvalue weighted by Crippen LogP contribution is -2.36. The number of nitrogens with zero attached hydrogens (tertiary/aromatic N) is 3. The minimum atomic E-state index is -0.195. The van der Waals surface area contributed by atoms with Crippen molar-refractivity contribution in [3.05, 3.63) is 83.9 Å². The average molecular weight is 539 g/mol. The van der Waals surface area contributed by atoms with Crippen LogP contribution in [0.25, 0.3) is 33.6 Å². The van der Waals surface area contributed by atoms with Gasteiger partial charge in [-0.1, -0.05) is 31.4 Å². The lowest BCUT2D eigenvalue weighted by molar-refractivity contribution is -0.117. The number of benzene rings is 1. The third-order valence-corrected chi connectivity index (χ3v) is 7.88. The summed E-state index contributed by atoms with van der Waals surface area (Å²) in [5.74, 6) is 1.64. The number of nitrogens with one attached hydrogen (secondary N) is 3. The molecule has 0 saturated heterocycles. The number of carbonyl (C=O) groups is 2. The predicted molar refractivity (Wildman–Crippen MR) is 152 cm³/mol. The topological polar surface area (TPSA) is 114 Å². The van der Waals surface area contributed by atoms with Gasteiger partial charge in [-0.3, -0.25) is 14.2 Å². The normalized spacial score (nSPS) is 16.8. The van der Waals surface area contributed by atoms with Gasteiger partial charge in [0.25, 0.3) is 5.91 Å². The van der Waals surface area contributed by atoms with Gasteiger partial charge in [0.15, 0.2) is 0 Å². The van der Waals surface area contributed by atoms with Gasteiger partial charge in [0.2, 0.25) is 5.91 Å². The van der Waals surface area contributed by atoms with E-state index in [0.717, 1.165) is 34.3 Å². The Hall–Kier alpha value is -4.70. The van der Waals surface area contributed by atoms with Crippen molar-refractivity contribution in [2.24, 2.45) is 0 Å². The molecule has 4 heterocycles. The Labute approximate surface area is 227 Å². The van der Waals surface area contributed by atoms with E-state index in [0.29, 0.717) is 33.9 Å². The lowest BCUT2D eigenvalue weighted by atomic mass is 10.2. The van der Waals surface area contributed by atoms with Gasteiger partial charge in [-0.2, -0.15) is 0 Å². The number of H-pyrrole nitrogens is 1. The van der Waals surface area contributed by atoms with E-state index in [1.807, 2.05) is 53.1 Å². The first-order chi connectivity index (χ1) is 19.0. The molecule has 0 unspecified atom stereocenters. The maximum atomic E-state index is 13.4. The van der Waals surface area contributed by atoms with Gasteiger partial charge in [-0.25, -0.2) is 9.97 Å². The number of ether oxygens (including phenoxy) is 1. The van der Waals surface area contributed by atoms with Crippen molar-refractivity contribution >= 4 is 51.0 Å². The Morgan fingerprint density at radius 2 is 1.85 bits per heavy atom. The molecule has 1 aliphatic rings. The summed E-state index contributed by atoms with van der Waals surface area (Å²) in [7, 11) is 0. The number of para-hydroxylation sites is 1. The van der Waals surface area contributed by atoms with Gasteiger partial charge in [-0.15, -0.1) is 11.3 Å². The summed E-state index contributed by atoms with van der Waals surface area (Å²) < 4.78 is 7.78. The Bertz CT molecular complexity index is 1750. The predicted octanol–water partition coefficient (Wildman–Crippen LogP) is 4.40. The Morgan fingerprint density at radius 1 is 1.05 bits per heavy atom. The first kappa shape index (κ1) is 24.6. The van der Waals surface area contributed by atoms with E-state index in [9.17, 15) is 9.59 Å². The number of hydrogen-bond donors (Lipinski definition) is 3. The molecule has 0 aliphatic heterocycles. The Kier molecular flexibility index (Phi) is 6.45. The van der Waals surface area contributed by atoms with Gasteiger partial charge in [0.1, 0.15) is 32.5 Å². The zero-order valence-corrected chi connectivity index (χ0v) is 21.8. The van der Waals surface area contributed by atoms with Gasteiger partial charge < -0.3 is 20.4 Å². The molecule has 10 heteroatoms. The molecule has 2 atom stereocenters. The second kappa shape index (κ2) is 10.2. The van der Waals surface area contributed by atoms with Crippen molar-refractivity contribution in [2.45, 2.75) is 31.3 Å². The molecule has 0 spiro atoms.